The molecule has 5 rings (SSSR count). The van der Waals surface area contributed by atoms with E-state index in [1.54, 1.807) is 17.0 Å². The van der Waals surface area contributed by atoms with E-state index in [0.717, 1.165) is 22.3 Å². The summed E-state index contributed by atoms with van der Waals surface area (Å²) < 4.78 is 5.60. The predicted molar refractivity (Wildman–Crippen MR) is 129 cm³/mol. The smallest absolute Gasteiger partial charge is 0.411 e. The van der Waals surface area contributed by atoms with E-state index in [-0.39, 0.29) is 29.8 Å². The Hall–Kier alpha value is -4.20. The van der Waals surface area contributed by atoms with E-state index < -0.39 is 18.0 Å². The fourth-order valence-electron chi connectivity index (χ4n) is 4.90. The van der Waals surface area contributed by atoms with Crippen molar-refractivity contribution in [3.8, 4) is 11.1 Å². The number of carbonyl (C=O) groups excluding carboxylic acids is 2. The van der Waals surface area contributed by atoms with Gasteiger partial charge in [-0.05, 0) is 47.2 Å². The number of carboxylic acid groups (broad SMARTS) is 1. The quantitative estimate of drug-likeness (QED) is 0.572. The van der Waals surface area contributed by atoms with Crippen molar-refractivity contribution in [2.45, 2.75) is 18.8 Å². The fraction of sp³-hybridized carbons (Fsp3) is 0.259. The molecule has 2 aromatic carbocycles. The summed E-state index contributed by atoms with van der Waals surface area (Å²) in [5.41, 5.74) is 4.88. The van der Waals surface area contributed by atoms with Crippen molar-refractivity contribution in [3.63, 3.8) is 0 Å². The third-order valence-corrected chi connectivity index (χ3v) is 6.72. The molecule has 0 radical (unpaired) electrons. The number of rotatable bonds is 5. The number of ether oxygens (including phenoxy) is 1. The highest BCUT2D eigenvalue weighted by atomic mass is 16.5. The van der Waals surface area contributed by atoms with Crippen LogP contribution in [0.3, 0.4) is 0 Å². The van der Waals surface area contributed by atoms with Crippen LogP contribution in [-0.4, -0.2) is 52.7 Å². The first-order valence-electron chi connectivity index (χ1n) is 11.6. The normalized spacial score (nSPS) is 15.3. The lowest BCUT2D eigenvalue weighted by molar-refractivity contribution is -0.143. The number of fused-ring (bicyclic) bond motifs is 3. The summed E-state index contributed by atoms with van der Waals surface area (Å²) in [6.45, 7) is 0.819. The molecule has 0 saturated carbocycles. The van der Waals surface area contributed by atoms with Crippen LogP contribution in [0.2, 0.25) is 0 Å². The Kier molecular flexibility index (Phi) is 6.18. The summed E-state index contributed by atoms with van der Waals surface area (Å²) in [5, 5.41) is 11.8. The maximum absolute atomic E-state index is 13.0. The molecule has 2 N–H and O–H groups in total. The third-order valence-electron chi connectivity index (χ3n) is 6.72. The molecule has 8 heteroatoms. The van der Waals surface area contributed by atoms with E-state index >= 15 is 0 Å². The monoisotopic (exact) mass is 471 g/mol. The molecule has 0 unspecified atom stereocenters. The Labute approximate surface area is 202 Å². The second kappa shape index (κ2) is 9.58. The molecular formula is C27H25N3O5. The number of aliphatic carboxylic acids is 1. The average Bonchev–Trinajstić information content (AvgIpc) is 3.21. The molecule has 35 heavy (non-hydrogen) atoms. The van der Waals surface area contributed by atoms with Gasteiger partial charge in [0.2, 0.25) is 0 Å². The number of anilines is 1. The maximum Gasteiger partial charge on any atom is 0.411 e. The molecule has 1 fully saturated rings. The molecule has 0 atom stereocenters. The minimum absolute atomic E-state index is 0.0707. The molecule has 3 aromatic rings. The minimum Gasteiger partial charge on any atom is -0.481 e. The average molecular weight is 472 g/mol. The van der Waals surface area contributed by atoms with Crippen LogP contribution in [0.1, 0.15) is 40.4 Å². The highest BCUT2D eigenvalue weighted by Crippen LogP contribution is 2.44. The van der Waals surface area contributed by atoms with Gasteiger partial charge in [-0.1, -0.05) is 48.5 Å². The molecule has 1 aliphatic carbocycles. The number of amides is 2. The fourth-order valence-corrected chi connectivity index (χ4v) is 4.90. The molecule has 1 aliphatic heterocycles. The number of aromatic nitrogens is 1. The number of nitrogens with zero attached hydrogens (tertiary/aromatic N) is 2. The van der Waals surface area contributed by atoms with E-state index in [2.05, 4.69) is 22.4 Å². The second-order valence-electron chi connectivity index (χ2n) is 8.75. The zero-order valence-electron chi connectivity index (χ0n) is 19.0. The maximum atomic E-state index is 13.0. The van der Waals surface area contributed by atoms with Gasteiger partial charge >= 0.3 is 12.1 Å². The van der Waals surface area contributed by atoms with Crippen molar-refractivity contribution in [1.82, 2.24) is 9.88 Å². The van der Waals surface area contributed by atoms with E-state index in [4.69, 9.17) is 4.74 Å². The van der Waals surface area contributed by atoms with E-state index in [1.807, 2.05) is 36.4 Å². The Morgan fingerprint density at radius 3 is 2.20 bits per heavy atom. The molecule has 0 spiro atoms. The molecule has 0 bridgehead atoms. The summed E-state index contributed by atoms with van der Waals surface area (Å²) in [5.74, 6) is -1.70. The largest absolute Gasteiger partial charge is 0.481 e. The molecule has 178 valence electrons. The first kappa shape index (κ1) is 22.6. The van der Waals surface area contributed by atoms with Gasteiger partial charge in [0.25, 0.3) is 5.91 Å². The number of hydrogen-bond donors (Lipinski definition) is 2. The summed E-state index contributed by atoms with van der Waals surface area (Å²) in [7, 11) is 0. The van der Waals surface area contributed by atoms with Crippen LogP contribution in [0.5, 0.6) is 0 Å². The van der Waals surface area contributed by atoms with Crippen molar-refractivity contribution in [1.29, 1.82) is 0 Å². The van der Waals surface area contributed by atoms with Crippen molar-refractivity contribution in [2.75, 3.05) is 25.0 Å². The number of nitrogens with one attached hydrogen (secondary N) is 1. The van der Waals surface area contributed by atoms with Gasteiger partial charge in [0.1, 0.15) is 6.61 Å². The molecule has 2 heterocycles. The van der Waals surface area contributed by atoms with Crippen LogP contribution in [0.4, 0.5) is 10.5 Å². The van der Waals surface area contributed by atoms with Crippen LogP contribution in [0, 0.1) is 5.92 Å². The number of piperidine rings is 1. The summed E-state index contributed by atoms with van der Waals surface area (Å²) in [6.07, 6.45) is 1.60. The van der Waals surface area contributed by atoms with Crippen LogP contribution in [-0.2, 0) is 9.53 Å². The number of hydrogen-bond acceptors (Lipinski definition) is 5. The Morgan fingerprint density at radius 2 is 1.57 bits per heavy atom. The van der Waals surface area contributed by atoms with Crippen molar-refractivity contribution >= 4 is 23.7 Å². The zero-order valence-corrected chi connectivity index (χ0v) is 19.0. The standard InChI is InChI=1S/C27H25N3O5/c31-25(30-14-11-17(12-15-30)26(32)33)24-23(10-5-13-28-24)29-27(34)35-16-22-20-8-3-1-6-18(20)19-7-2-4-9-21(19)22/h1-10,13,17,22H,11-12,14-16H2,(H,29,34)(H,32,33). The van der Waals surface area contributed by atoms with Crippen LogP contribution in [0.25, 0.3) is 11.1 Å². The Balaban J connectivity index is 1.26. The lowest BCUT2D eigenvalue weighted by Gasteiger charge is -2.30. The number of likely N-dealkylation sites (tertiary alicyclic amines) is 1. The van der Waals surface area contributed by atoms with Gasteiger partial charge in [-0.15, -0.1) is 0 Å². The van der Waals surface area contributed by atoms with Gasteiger partial charge in [-0.3, -0.25) is 14.9 Å². The van der Waals surface area contributed by atoms with Crippen molar-refractivity contribution in [2.24, 2.45) is 5.92 Å². The number of carbonyl (C=O) groups is 3. The van der Waals surface area contributed by atoms with E-state index in [0.29, 0.717) is 25.9 Å². The first-order chi connectivity index (χ1) is 17.0. The van der Waals surface area contributed by atoms with E-state index in [9.17, 15) is 19.5 Å². The van der Waals surface area contributed by atoms with Crippen molar-refractivity contribution in [3.05, 3.63) is 83.7 Å². The second-order valence-corrected chi connectivity index (χ2v) is 8.75. The van der Waals surface area contributed by atoms with Crippen LogP contribution in [0.15, 0.2) is 66.9 Å². The number of benzene rings is 2. The Bertz CT molecular complexity index is 1240. The highest BCUT2D eigenvalue weighted by molar-refractivity contribution is 6.01. The molecule has 8 nitrogen and oxygen atoms in total. The Morgan fingerprint density at radius 1 is 0.943 bits per heavy atom. The van der Waals surface area contributed by atoms with E-state index in [1.165, 1.54) is 6.20 Å². The van der Waals surface area contributed by atoms with Gasteiger partial charge in [0.15, 0.2) is 5.69 Å². The highest BCUT2D eigenvalue weighted by Gasteiger charge is 2.31. The zero-order chi connectivity index (χ0) is 24.4. The summed E-state index contributed by atoms with van der Waals surface area (Å²) in [4.78, 5) is 42.7. The third kappa shape index (κ3) is 4.47. The predicted octanol–water partition coefficient (Wildman–Crippen LogP) is 4.38. The van der Waals surface area contributed by atoms with Gasteiger partial charge < -0.3 is 14.7 Å². The van der Waals surface area contributed by atoms with Gasteiger partial charge in [-0.25, -0.2) is 9.78 Å². The molecular weight excluding hydrogens is 446 g/mol. The molecule has 1 saturated heterocycles. The minimum atomic E-state index is -0.840. The summed E-state index contributed by atoms with van der Waals surface area (Å²) >= 11 is 0. The summed E-state index contributed by atoms with van der Waals surface area (Å²) in [6, 6.07) is 19.4. The van der Waals surface area contributed by atoms with Gasteiger partial charge in [0.05, 0.1) is 11.6 Å². The molecule has 2 aliphatic rings. The van der Waals surface area contributed by atoms with Crippen LogP contribution < -0.4 is 5.32 Å². The topological polar surface area (TPSA) is 109 Å². The number of pyridine rings is 1. The lowest BCUT2D eigenvalue weighted by atomic mass is 9.97. The van der Waals surface area contributed by atoms with Crippen LogP contribution >= 0.6 is 0 Å². The van der Waals surface area contributed by atoms with Gasteiger partial charge in [-0.2, -0.15) is 0 Å². The lowest BCUT2D eigenvalue weighted by Crippen LogP contribution is -2.40. The SMILES string of the molecule is O=C(Nc1cccnc1C(=O)N1CCC(C(=O)O)CC1)OCC1c2ccccc2-c2ccccc21. The van der Waals surface area contributed by atoms with Gasteiger partial charge in [0, 0.05) is 25.2 Å². The number of carboxylic acids is 1. The first-order valence-corrected chi connectivity index (χ1v) is 11.6. The van der Waals surface area contributed by atoms with Crippen molar-refractivity contribution < 1.29 is 24.2 Å². The molecule has 1 aromatic heterocycles. The molecule has 2 amide bonds.